The van der Waals surface area contributed by atoms with Crippen LogP contribution in [0.5, 0.6) is 0 Å². The molecular formula is C85H94BN3. The van der Waals surface area contributed by atoms with Crippen LogP contribution in [0.2, 0.25) is 0 Å². The van der Waals surface area contributed by atoms with Gasteiger partial charge < -0.3 is 14.7 Å². The number of hydrogen-bond donors (Lipinski definition) is 0. The number of rotatable bonds is 6. The fourth-order valence-electron chi connectivity index (χ4n) is 17.1. The first-order valence-electron chi connectivity index (χ1n) is 33.4. The van der Waals surface area contributed by atoms with Crippen LogP contribution in [0.25, 0.3) is 33.4 Å². The highest BCUT2D eigenvalue weighted by Crippen LogP contribution is 2.63. The fourth-order valence-corrected chi connectivity index (χ4v) is 17.1. The predicted molar refractivity (Wildman–Crippen MR) is 385 cm³/mol. The van der Waals surface area contributed by atoms with Crippen LogP contribution in [0.1, 0.15) is 196 Å². The van der Waals surface area contributed by atoms with Gasteiger partial charge >= 0.3 is 0 Å². The Morgan fingerprint density at radius 2 is 0.787 bits per heavy atom. The van der Waals surface area contributed by atoms with Crippen molar-refractivity contribution in [2.45, 2.75) is 200 Å². The summed E-state index contributed by atoms with van der Waals surface area (Å²) >= 11 is 0. The molecule has 452 valence electrons. The van der Waals surface area contributed by atoms with E-state index in [0.717, 1.165) is 19.3 Å². The zero-order chi connectivity index (χ0) is 62.9. The van der Waals surface area contributed by atoms with Gasteiger partial charge in [-0.15, -0.1) is 0 Å². The van der Waals surface area contributed by atoms with Crippen LogP contribution in [-0.4, -0.2) is 12.3 Å². The first kappa shape index (κ1) is 59.1. The fraction of sp³-hybridized carbons (Fsp3) is 0.365. The number of hydrogen-bond acceptors (Lipinski definition) is 3. The molecule has 89 heavy (non-hydrogen) atoms. The van der Waals surface area contributed by atoms with E-state index in [1.165, 1.54) is 147 Å². The third-order valence-electron chi connectivity index (χ3n) is 22.2. The molecule has 0 spiro atoms. The van der Waals surface area contributed by atoms with E-state index in [9.17, 15) is 0 Å². The molecule has 0 radical (unpaired) electrons. The molecule has 0 N–H and O–H groups in total. The van der Waals surface area contributed by atoms with Gasteiger partial charge in [0, 0.05) is 50.7 Å². The SMILES string of the molecule is CC(C)(C)c1ccc(-c2ccc3c(c2)C2(C)CCCCC2(C)N3c2cc3c4c(c2)N(c2ccc(C(C)(C)C)cc2-c2ccccc2)c2cc5c(cc2B4c2cc(C(C)(C)C)ccc2N3c2ccc(C(C)(C)C)cc2-c2ccccc2)C(C)(C)CC5(C)C)cc1. The van der Waals surface area contributed by atoms with Gasteiger partial charge in [-0.2, -0.15) is 0 Å². The molecule has 3 nitrogen and oxygen atoms in total. The maximum atomic E-state index is 2.86. The van der Waals surface area contributed by atoms with E-state index >= 15 is 0 Å². The van der Waals surface area contributed by atoms with Crippen LogP contribution in [0, 0.1) is 0 Å². The van der Waals surface area contributed by atoms with Gasteiger partial charge in [-0.25, -0.2) is 0 Å². The van der Waals surface area contributed by atoms with Gasteiger partial charge in [-0.05, 0) is 197 Å². The quantitative estimate of drug-likeness (QED) is 0.154. The van der Waals surface area contributed by atoms with E-state index in [4.69, 9.17) is 0 Å². The molecule has 3 heterocycles. The monoisotopic (exact) mass is 1170 g/mol. The third-order valence-corrected chi connectivity index (χ3v) is 22.2. The molecule has 5 aliphatic rings. The Morgan fingerprint density at radius 3 is 1.31 bits per heavy atom. The second kappa shape index (κ2) is 20.0. The number of fused-ring (bicyclic) bond motifs is 8. The van der Waals surface area contributed by atoms with Crippen molar-refractivity contribution in [3.8, 4) is 33.4 Å². The number of nitrogens with zero attached hydrogens (tertiary/aromatic N) is 3. The van der Waals surface area contributed by atoms with Gasteiger partial charge in [0.1, 0.15) is 0 Å². The average Bonchev–Trinajstić information content (AvgIpc) is 1.67. The molecule has 1 fully saturated rings. The Kier molecular flexibility index (Phi) is 13.3. The standard InChI is InChI=1S/C85H94BN3/c1-78(2,3)58-34-31-54(32-35-58)57-33-39-72-67(45-57)84(17)43-25-26-44-85(84,18)89(72)62-49-75-77-76(50-62)88(71-41-37-60(80(7,8)9)47-64(71)56-29-23-20-24-30-56)74-52-66-65(82(13,14)53-83(66,15)16)51-69(74)86(77)68-48-61(81(10,11)12)38-42-73(68)87(75)70-40-36-59(79(4,5)6)46-63(70)55-27-21-19-22-28-55/h19-24,27-42,45-52H,25-26,43-44,53H2,1-18H3. The van der Waals surface area contributed by atoms with Gasteiger partial charge in [-0.1, -0.05) is 252 Å². The number of benzene rings is 9. The van der Waals surface area contributed by atoms with Crippen molar-refractivity contribution in [2.24, 2.45) is 0 Å². The molecule has 9 aromatic rings. The van der Waals surface area contributed by atoms with E-state index in [1.807, 2.05) is 0 Å². The van der Waals surface area contributed by atoms with E-state index in [2.05, 4.69) is 321 Å². The maximum absolute atomic E-state index is 2.86. The minimum atomic E-state index is -0.234. The molecule has 4 heteroatoms. The molecule has 2 unspecified atom stereocenters. The van der Waals surface area contributed by atoms with Crippen LogP contribution >= 0.6 is 0 Å². The van der Waals surface area contributed by atoms with Crippen LogP contribution in [-0.2, 0) is 37.9 Å². The largest absolute Gasteiger partial charge is 0.334 e. The number of anilines is 8. The summed E-state index contributed by atoms with van der Waals surface area (Å²) in [5, 5.41) is 0. The third kappa shape index (κ3) is 9.32. The van der Waals surface area contributed by atoms with Gasteiger partial charge in [0.15, 0.2) is 0 Å². The lowest BCUT2D eigenvalue weighted by atomic mass is 9.33. The minimum Gasteiger partial charge on any atom is -0.334 e. The summed E-state index contributed by atoms with van der Waals surface area (Å²) in [4.78, 5) is 8.36. The first-order chi connectivity index (χ1) is 41.9. The van der Waals surface area contributed by atoms with Gasteiger partial charge in [0.25, 0.3) is 6.71 Å². The highest BCUT2D eigenvalue weighted by Gasteiger charge is 2.59. The summed E-state index contributed by atoms with van der Waals surface area (Å²) in [6.07, 6.45) is 5.71. The molecular weight excluding hydrogens is 1070 g/mol. The van der Waals surface area contributed by atoms with E-state index < -0.39 is 0 Å². The molecule has 14 rings (SSSR count). The summed E-state index contributed by atoms with van der Waals surface area (Å²) < 4.78 is 0. The van der Waals surface area contributed by atoms with Crippen LogP contribution in [0.15, 0.2) is 182 Å². The Hall–Kier alpha value is -7.56. The summed E-state index contributed by atoms with van der Waals surface area (Å²) in [5.74, 6) is 0. The Morgan fingerprint density at radius 1 is 0.348 bits per heavy atom. The van der Waals surface area contributed by atoms with Gasteiger partial charge in [-0.3, -0.25) is 0 Å². The van der Waals surface area contributed by atoms with Crippen LogP contribution < -0.4 is 31.1 Å². The lowest BCUT2D eigenvalue weighted by molar-refractivity contribution is 0.195. The molecule has 2 aliphatic carbocycles. The zero-order valence-electron chi connectivity index (χ0n) is 56.8. The molecule has 0 saturated heterocycles. The van der Waals surface area contributed by atoms with Crippen molar-refractivity contribution in [3.63, 3.8) is 0 Å². The highest BCUT2D eigenvalue weighted by molar-refractivity contribution is 7.00. The van der Waals surface area contributed by atoms with Gasteiger partial charge in [0.2, 0.25) is 0 Å². The summed E-state index contributed by atoms with van der Waals surface area (Å²) in [7, 11) is 0. The van der Waals surface area contributed by atoms with Gasteiger partial charge in [0.05, 0.1) is 16.9 Å². The first-order valence-corrected chi connectivity index (χ1v) is 33.4. The Bertz CT molecular complexity index is 4310. The van der Waals surface area contributed by atoms with Crippen molar-refractivity contribution < 1.29 is 0 Å². The minimum absolute atomic E-state index is 0.0215. The topological polar surface area (TPSA) is 9.72 Å². The molecule has 9 aromatic carbocycles. The second-order valence-electron chi connectivity index (χ2n) is 33.3. The Balaban J connectivity index is 1.14. The molecule has 0 amide bonds. The molecule has 1 saturated carbocycles. The Labute approximate surface area is 534 Å². The predicted octanol–water partition coefficient (Wildman–Crippen LogP) is 21.7. The molecule has 0 bridgehead atoms. The van der Waals surface area contributed by atoms with Crippen molar-refractivity contribution in [1.82, 2.24) is 0 Å². The van der Waals surface area contributed by atoms with E-state index in [-0.39, 0.29) is 50.2 Å². The van der Waals surface area contributed by atoms with E-state index in [0.29, 0.717) is 0 Å². The summed E-state index contributed by atoms with van der Waals surface area (Å²) in [6, 6.07) is 72.6. The average molecular weight is 1170 g/mol. The normalized spacial score (nSPS) is 19.8. The highest BCUT2D eigenvalue weighted by atomic mass is 15.3. The molecule has 2 atom stereocenters. The lowest BCUT2D eigenvalue weighted by Crippen LogP contribution is -2.62. The summed E-state index contributed by atoms with van der Waals surface area (Å²) in [6.45, 7) is 43.4. The van der Waals surface area contributed by atoms with Crippen molar-refractivity contribution in [2.75, 3.05) is 14.7 Å². The molecule has 0 aromatic heterocycles. The van der Waals surface area contributed by atoms with Crippen LogP contribution in [0.3, 0.4) is 0 Å². The van der Waals surface area contributed by atoms with Crippen molar-refractivity contribution in [1.29, 1.82) is 0 Å². The lowest BCUT2D eigenvalue weighted by Gasteiger charge is -2.51. The van der Waals surface area contributed by atoms with Crippen molar-refractivity contribution >= 4 is 68.6 Å². The second-order valence-corrected chi connectivity index (χ2v) is 33.3. The van der Waals surface area contributed by atoms with Crippen molar-refractivity contribution in [3.05, 3.63) is 221 Å². The smallest absolute Gasteiger partial charge is 0.252 e. The van der Waals surface area contributed by atoms with Crippen LogP contribution in [0.4, 0.5) is 45.5 Å². The zero-order valence-corrected chi connectivity index (χ0v) is 56.8. The maximum Gasteiger partial charge on any atom is 0.252 e. The summed E-state index contributed by atoms with van der Waals surface area (Å²) in [5.41, 5.74) is 30.8. The van der Waals surface area contributed by atoms with E-state index in [1.54, 1.807) is 0 Å². The molecule has 3 aliphatic heterocycles.